The largest absolute Gasteiger partial charge is 0.481 e. The van der Waals surface area contributed by atoms with Gasteiger partial charge in [0, 0.05) is 11.4 Å². The topological polar surface area (TPSA) is 31.4 Å². The number of methoxy groups -OCH3 is 2. The van der Waals surface area contributed by atoms with E-state index in [1.165, 1.54) is 32.9 Å². The van der Waals surface area contributed by atoms with Crippen molar-refractivity contribution < 1.29 is 9.47 Å². The smallest absolute Gasteiger partial charge is 0.231 e. The summed E-state index contributed by atoms with van der Waals surface area (Å²) in [6.07, 6.45) is 0. The van der Waals surface area contributed by atoms with Crippen LogP contribution >= 0.6 is 23.9 Å². The highest BCUT2D eigenvalue weighted by Gasteiger charge is 2.24. The lowest BCUT2D eigenvalue weighted by Crippen LogP contribution is -2.23. The average molecular weight is 458 g/mol. The predicted molar refractivity (Wildman–Crippen MR) is 123 cm³/mol. The summed E-state index contributed by atoms with van der Waals surface area (Å²) in [6.45, 7) is 8.59. The highest BCUT2D eigenvalue weighted by atomic mass is 79.9. The van der Waals surface area contributed by atoms with Crippen LogP contribution in [0.2, 0.25) is 0 Å². The van der Waals surface area contributed by atoms with Crippen LogP contribution in [0.3, 0.4) is 0 Å². The molecule has 0 aliphatic heterocycles. The van der Waals surface area contributed by atoms with Crippen LogP contribution in [0, 0.1) is 27.7 Å². The summed E-state index contributed by atoms with van der Waals surface area (Å²) in [6, 6.07) is 15.6. The number of halogens is 1. The van der Waals surface area contributed by atoms with Gasteiger partial charge in [-0.3, -0.25) is 0 Å². The van der Waals surface area contributed by atoms with E-state index in [1.54, 1.807) is 14.2 Å². The molecule has 28 heavy (non-hydrogen) atoms. The highest BCUT2D eigenvalue weighted by Crippen LogP contribution is 2.40. The summed E-state index contributed by atoms with van der Waals surface area (Å²) in [5.41, 5.74) is 5.04. The van der Waals surface area contributed by atoms with Gasteiger partial charge in [0.2, 0.25) is 11.8 Å². The molecule has 0 spiro atoms. The molecule has 1 aromatic heterocycles. The summed E-state index contributed by atoms with van der Waals surface area (Å²) < 4.78 is 11.9. The second-order valence-electron chi connectivity index (χ2n) is 7.03. The maximum Gasteiger partial charge on any atom is 0.231 e. The van der Waals surface area contributed by atoms with Crippen molar-refractivity contribution in [2.75, 3.05) is 14.2 Å². The van der Waals surface area contributed by atoms with Crippen LogP contribution in [0.4, 0.5) is 0 Å². The van der Waals surface area contributed by atoms with Gasteiger partial charge >= 0.3 is 0 Å². The molecule has 0 saturated heterocycles. The molecule has 3 nitrogen and oxygen atoms in total. The van der Waals surface area contributed by atoms with E-state index in [0.29, 0.717) is 11.8 Å². The quantitative estimate of drug-likeness (QED) is 0.513. The third-order valence-corrected chi connectivity index (χ3v) is 7.91. The minimum absolute atomic E-state index is 0.538. The van der Waals surface area contributed by atoms with Gasteiger partial charge in [-0.05, 0) is 62.2 Å². The van der Waals surface area contributed by atoms with Crippen LogP contribution in [0.1, 0.15) is 22.3 Å². The summed E-state index contributed by atoms with van der Waals surface area (Å²) >= 11 is 3.75. The normalized spacial score (nSPS) is 11.0. The number of rotatable bonds is 5. The van der Waals surface area contributed by atoms with Crippen LogP contribution < -0.4 is 25.4 Å². The Morgan fingerprint density at radius 1 is 0.714 bits per heavy atom. The Kier molecular flexibility index (Phi) is 6.42. The van der Waals surface area contributed by atoms with Crippen LogP contribution in [0.5, 0.6) is 11.8 Å². The second-order valence-corrected chi connectivity index (χ2v) is 10.0. The first-order valence-electron chi connectivity index (χ1n) is 9.07. The van der Waals surface area contributed by atoms with E-state index in [4.69, 9.17) is 9.47 Å². The predicted octanol–water partition coefficient (Wildman–Crippen LogP) is 4.85. The monoisotopic (exact) mass is 457 g/mol. The first-order valence-corrected chi connectivity index (χ1v) is 11.2. The zero-order chi connectivity index (χ0) is 20.4. The molecule has 0 bridgehead atoms. The SMILES string of the molecule is COc1cc(P(c2cc(C)cc(C)c2)c2cc(C)cc(C)c2)c(Br)c(OC)n1. The molecule has 0 saturated carbocycles. The van der Waals surface area contributed by atoms with Crippen LogP contribution in [-0.4, -0.2) is 19.2 Å². The van der Waals surface area contributed by atoms with E-state index in [-0.39, 0.29) is 0 Å². The van der Waals surface area contributed by atoms with E-state index in [9.17, 15) is 0 Å². The minimum Gasteiger partial charge on any atom is -0.481 e. The van der Waals surface area contributed by atoms with Crippen molar-refractivity contribution in [1.82, 2.24) is 4.98 Å². The molecule has 3 aromatic rings. The molecule has 3 rings (SSSR count). The van der Waals surface area contributed by atoms with Gasteiger partial charge < -0.3 is 9.47 Å². The van der Waals surface area contributed by atoms with Gasteiger partial charge in [-0.25, -0.2) is 0 Å². The fourth-order valence-electron chi connectivity index (χ4n) is 3.46. The minimum atomic E-state index is -0.822. The first-order chi connectivity index (χ1) is 13.3. The lowest BCUT2D eigenvalue weighted by molar-refractivity contribution is 0.363. The van der Waals surface area contributed by atoms with Gasteiger partial charge in [0.15, 0.2) is 0 Å². The van der Waals surface area contributed by atoms with Crippen molar-refractivity contribution in [2.45, 2.75) is 27.7 Å². The molecular weight excluding hydrogens is 433 g/mol. The molecule has 0 radical (unpaired) electrons. The van der Waals surface area contributed by atoms with E-state index in [0.717, 1.165) is 9.78 Å². The standard InChI is InChI=1S/C23H25BrNO2P/c1-14-7-15(2)10-18(9-14)28(19-11-16(3)8-17(4)12-19)20-13-21(26-5)25-23(27-6)22(20)24/h7-13H,1-6H3. The molecule has 0 atom stereocenters. The number of nitrogens with zero attached hydrogens (tertiary/aromatic N) is 1. The fraction of sp³-hybridized carbons (Fsp3) is 0.261. The number of benzene rings is 2. The molecule has 0 amide bonds. The van der Waals surface area contributed by atoms with Crippen molar-refractivity contribution >= 4 is 39.8 Å². The molecule has 2 aromatic carbocycles. The molecule has 0 N–H and O–H groups in total. The highest BCUT2D eigenvalue weighted by molar-refractivity contribution is 9.10. The summed E-state index contributed by atoms with van der Waals surface area (Å²) in [5.74, 6) is 1.09. The Morgan fingerprint density at radius 2 is 1.18 bits per heavy atom. The van der Waals surface area contributed by atoms with E-state index in [2.05, 4.69) is 85.0 Å². The van der Waals surface area contributed by atoms with Crippen molar-refractivity contribution in [1.29, 1.82) is 0 Å². The number of aryl methyl sites for hydroxylation is 4. The van der Waals surface area contributed by atoms with Gasteiger partial charge in [-0.1, -0.05) is 58.7 Å². The summed E-state index contributed by atoms with van der Waals surface area (Å²) in [5, 5.41) is 3.73. The fourth-order valence-corrected chi connectivity index (χ4v) is 7.07. The first kappa shape index (κ1) is 20.8. The number of hydrogen-bond acceptors (Lipinski definition) is 3. The number of aromatic nitrogens is 1. The zero-order valence-corrected chi connectivity index (χ0v) is 19.6. The van der Waals surface area contributed by atoms with E-state index >= 15 is 0 Å². The third kappa shape index (κ3) is 4.39. The molecule has 5 heteroatoms. The maximum atomic E-state index is 5.52. The van der Waals surface area contributed by atoms with Gasteiger partial charge in [-0.15, -0.1) is 0 Å². The lowest BCUT2D eigenvalue weighted by atomic mass is 10.2. The average Bonchev–Trinajstić information content (AvgIpc) is 2.61. The van der Waals surface area contributed by atoms with Gasteiger partial charge in [0.25, 0.3) is 0 Å². The number of pyridine rings is 1. The summed E-state index contributed by atoms with van der Waals surface area (Å²) in [7, 11) is 2.44. The van der Waals surface area contributed by atoms with E-state index < -0.39 is 7.92 Å². The van der Waals surface area contributed by atoms with Gasteiger partial charge in [0.1, 0.15) is 0 Å². The van der Waals surface area contributed by atoms with Crippen molar-refractivity contribution in [3.05, 3.63) is 69.2 Å². The zero-order valence-electron chi connectivity index (χ0n) is 17.1. The maximum absolute atomic E-state index is 5.52. The van der Waals surface area contributed by atoms with Crippen molar-refractivity contribution in [3.8, 4) is 11.8 Å². The van der Waals surface area contributed by atoms with E-state index in [1.807, 2.05) is 6.07 Å². The van der Waals surface area contributed by atoms with Crippen molar-refractivity contribution in [2.24, 2.45) is 0 Å². The van der Waals surface area contributed by atoms with Crippen LogP contribution in [0.15, 0.2) is 46.9 Å². The Labute approximate surface area is 177 Å². The number of hydrogen-bond donors (Lipinski definition) is 0. The van der Waals surface area contributed by atoms with Crippen LogP contribution in [-0.2, 0) is 0 Å². The Morgan fingerprint density at radius 3 is 1.57 bits per heavy atom. The lowest BCUT2D eigenvalue weighted by Gasteiger charge is -2.23. The Balaban J connectivity index is 2.34. The number of ether oxygens (including phenoxy) is 2. The Bertz CT molecular complexity index is 928. The molecule has 0 unspecified atom stereocenters. The van der Waals surface area contributed by atoms with Gasteiger partial charge in [0.05, 0.1) is 18.7 Å². The Hall–Kier alpha value is -1.90. The summed E-state index contributed by atoms with van der Waals surface area (Å²) in [4.78, 5) is 4.43. The van der Waals surface area contributed by atoms with Crippen LogP contribution in [0.25, 0.3) is 0 Å². The molecule has 1 heterocycles. The molecule has 0 fully saturated rings. The van der Waals surface area contributed by atoms with Crippen molar-refractivity contribution in [3.63, 3.8) is 0 Å². The third-order valence-electron chi connectivity index (χ3n) is 4.46. The molecule has 0 aliphatic carbocycles. The van der Waals surface area contributed by atoms with Gasteiger partial charge in [-0.2, -0.15) is 4.98 Å². The second kappa shape index (κ2) is 8.63. The molecular formula is C23H25BrNO2P. The molecule has 0 aliphatic rings. The molecule has 146 valence electrons.